The summed E-state index contributed by atoms with van der Waals surface area (Å²) in [5, 5.41) is 10.4. The van der Waals surface area contributed by atoms with Gasteiger partial charge < -0.3 is 15.4 Å². The average Bonchev–Trinajstić information content (AvgIpc) is 2.55. The molecule has 2 amide bonds. The predicted octanol–water partition coefficient (Wildman–Crippen LogP) is 1.10. The molecule has 0 unspecified atom stereocenters. The van der Waals surface area contributed by atoms with Gasteiger partial charge in [-0.15, -0.1) is 0 Å². The number of sulfonamides is 1. The number of anilines is 1. The summed E-state index contributed by atoms with van der Waals surface area (Å²) < 4.78 is 27.3. The summed E-state index contributed by atoms with van der Waals surface area (Å²) in [6.45, 7) is 0.393. The number of carbonyl (C=O) groups excluding carboxylic acids is 1. The molecule has 9 heteroatoms. The number of aromatic nitrogens is 1. The fourth-order valence-corrected chi connectivity index (χ4v) is 2.43. The van der Waals surface area contributed by atoms with Crippen molar-refractivity contribution in [2.45, 2.75) is 11.3 Å². The Morgan fingerprint density at radius 2 is 1.92 bits per heavy atom. The van der Waals surface area contributed by atoms with Crippen molar-refractivity contribution in [2.24, 2.45) is 5.14 Å². The zero-order valence-electron chi connectivity index (χ0n) is 13.0. The van der Waals surface area contributed by atoms with Crippen LogP contribution >= 0.6 is 0 Å². The first-order valence-corrected chi connectivity index (χ1v) is 8.60. The second-order valence-electron chi connectivity index (χ2n) is 4.91. The Balaban J connectivity index is 1.79. The van der Waals surface area contributed by atoms with Gasteiger partial charge in [-0.05, 0) is 30.2 Å². The van der Waals surface area contributed by atoms with E-state index in [1.165, 1.54) is 25.4 Å². The molecule has 1 aromatic heterocycles. The maximum absolute atomic E-state index is 11.8. The van der Waals surface area contributed by atoms with Crippen LogP contribution in [0.5, 0.6) is 5.88 Å². The Bertz CT molecular complexity index is 789. The van der Waals surface area contributed by atoms with Crippen molar-refractivity contribution in [2.75, 3.05) is 19.0 Å². The molecule has 2 aromatic rings. The zero-order valence-corrected chi connectivity index (χ0v) is 13.8. The Kier molecular flexibility index (Phi) is 5.72. The summed E-state index contributed by atoms with van der Waals surface area (Å²) in [5.74, 6) is 0.462. The van der Waals surface area contributed by atoms with E-state index in [2.05, 4.69) is 15.6 Å². The van der Waals surface area contributed by atoms with Crippen molar-refractivity contribution in [3.8, 4) is 5.88 Å². The first-order chi connectivity index (χ1) is 11.4. The van der Waals surface area contributed by atoms with Crippen LogP contribution in [0.3, 0.4) is 0 Å². The Morgan fingerprint density at radius 3 is 2.46 bits per heavy atom. The third-order valence-corrected chi connectivity index (χ3v) is 4.08. The number of rotatable bonds is 6. The van der Waals surface area contributed by atoms with Gasteiger partial charge >= 0.3 is 6.03 Å². The molecule has 0 radical (unpaired) electrons. The number of amides is 2. The fraction of sp³-hybridized carbons (Fsp3) is 0.200. The highest BCUT2D eigenvalue weighted by molar-refractivity contribution is 7.89. The highest BCUT2D eigenvalue weighted by Crippen LogP contribution is 2.11. The fourth-order valence-electron chi connectivity index (χ4n) is 1.92. The van der Waals surface area contributed by atoms with Gasteiger partial charge in [-0.3, -0.25) is 0 Å². The Labute approximate surface area is 140 Å². The lowest BCUT2D eigenvalue weighted by Gasteiger charge is -2.08. The van der Waals surface area contributed by atoms with Gasteiger partial charge in [-0.2, -0.15) is 0 Å². The van der Waals surface area contributed by atoms with Gasteiger partial charge in [0.2, 0.25) is 15.9 Å². The molecule has 0 spiro atoms. The molecule has 0 aliphatic carbocycles. The summed E-state index contributed by atoms with van der Waals surface area (Å²) in [5.41, 5.74) is 1.43. The summed E-state index contributed by atoms with van der Waals surface area (Å²) in [6, 6.07) is 9.16. The predicted molar refractivity (Wildman–Crippen MR) is 89.3 cm³/mol. The third kappa shape index (κ3) is 5.21. The molecular weight excluding hydrogens is 332 g/mol. The molecule has 0 bridgehead atoms. The van der Waals surface area contributed by atoms with E-state index in [9.17, 15) is 13.2 Å². The number of benzene rings is 1. The highest BCUT2D eigenvalue weighted by atomic mass is 32.2. The van der Waals surface area contributed by atoms with E-state index < -0.39 is 10.0 Å². The maximum atomic E-state index is 11.8. The van der Waals surface area contributed by atoms with Crippen molar-refractivity contribution in [3.05, 3.63) is 48.2 Å². The number of primary sulfonamides is 1. The minimum Gasteiger partial charge on any atom is -0.481 e. The van der Waals surface area contributed by atoms with Crippen molar-refractivity contribution >= 4 is 21.7 Å². The van der Waals surface area contributed by atoms with Gasteiger partial charge in [-0.1, -0.05) is 12.1 Å². The zero-order chi connectivity index (χ0) is 17.6. The molecule has 0 atom stereocenters. The van der Waals surface area contributed by atoms with E-state index in [0.717, 1.165) is 5.56 Å². The third-order valence-electron chi connectivity index (χ3n) is 3.15. The number of hydrogen-bond acceptors (Lipinski definition) is 5. The molecule has 0 aliphatic heterocycles. The summed E-state index contributed by atoms with van der Waals surface area (Å²) in [4.78, 5) is 15.8. The average molecular weight is 350 g/mol. The second kappa shape index (κ2) is 7.75. The molecular formula is C15H18N4O4S. The van der Waals surface area contributed by atoms with Gasteiger partial charge in [0, 0.05) is 12.6 Å². The van der Waals surface area contributed by atoms with Crippen molar-refractivity contribution in [3.63, 3.8) is 0 Å². The number of nitrogens with two attached hydrogens (primary N) is 1. The van der Waals surface area contributed by atoms with E-state index in [4.69, 9.17) is 9.88 Å². The summed E-state index contributed by atoms with van der Waals surface area (Å²) in [7, 11) is -2.18. The lowest BCUT2D eigenvalue weighted by Crippen LogP contribution is -2.30. The van der Waals surface area contributed by atoms with Crippen LogP contribution < -0.4 is 20.5 Å². The lowest BCUT2D eigenvalue weighted by molar-refractivity contribution is 0.252. The van der Waals surface area contributed by atoms with Crippen molar-refractivity contribution in [1.29, 1.82) is 0 Å². The van der Waals surface area contributed by atoms with E-state index >= 15 is 0 Å². The number of nitrogens with one attached hydrogen (secondary N) is 2. The van der Waals surface area contributed by atoms with Gasteiger partial charge in [0.25, 0.3) is 0 Å². The SMILES string of the molecule is COc1ccc(NC(=O)NCCc2ccc(S(N)(=O)=O)cc2)cn1. The number of urea groups is 1. The van der Waals surface area contributed by atoms with Crippen LogP contribution in [0.15, 0.2) is 47.5 Å². The first kappa shape index (κ1) is 17.7. The van der Waals surface area contributed by atoms with Gasteiger partial charge in [-0.25, -0.2) is 23.3 Å². The molecule has 0 saturated heterocycles. The molecule has 1 aromatic carbocycles. The summed E-state index contributed by atoms with van der Waals surface area (Å²) >= 11 is 0. The maximum Gasteiger partial charge on any atom is 0.319 e. The number of pyridine rings is 1. The molecule has 0 saturated carbocycles. The van der Waals surface area contributed by atoms with E-state index in [1.54, 1.807) is 24.3 Å². The summed E-state index contributed by atoms with van der Waals surface area (Å²) in [6.07, 6.45) is 2.05. The molecule has 4 N–H and O–H groups in total. The number of ether oxygens (including phenoxy) is 1. The second-order valence-corrected chi connectivity index (χ2v) is 6.47. The van der Waals surface area contributed by atoms with Crippen molar-refractivity contribution in [1.82, 2.24) is 10.3 Å². The minimum atomic E-state index is -3.69. The van der Waals surface area contributed by atoms with Crippen LogP contribution in [-0.4, -0.2) is 33.1 Å². The quantitative estimate of drug-likeness (QED) is 0.720. The first-order valence-electron chi connectivity index (χ1n) is 7.05. The molecule has 1 heterocycles. The van der Waals surface area contributed by atoms with E-state index in [-0.39, 0.29) is 10.9 Å². The molecule has 0 fully saturated rings. The molecule has 2 rings (SSSR count). The van der Waals surface area contributed by atoms with Crippen LogP contribution in [0.4, 0.5) is 10.5 Å². The number of hydrogen-bond donors (Lipinski definition) is 3. The topological polar surface area (TPSA) is 123 Å². The molecule has 8 nitrogen and oxygen atoms in total. The smallest absolute Gasteiger partial charge is 0.319 e. The van der Waals surface area contributed by atoms with E-state index in [1.807, 2.05) is 0 Å². The van der Waals surface area contributed by atoms with Crippen molar-refractivity contribution < 1.29 is 17.9 Å². The normalized spacial score (nSPS) is 10.9. The van der Waals surface area contributed by atoms with Gasteiger partial charge in [0.05, 0.1) is 23.9 Å². The largest absolute Gasteiger partial charge is 0.481 e. The van der Waals surface area contributed by atoms with Crippen LogP contribution in [0.1, 0.15) is 5.56 Å². The highest BCUT2D eigenvalue weighted by Gasteiger charge is 2.07. The number of nitrogens with zero attached hydrogens (tertiary/aromatic N) is 1. The Morgan fingerprint density at radius 1 is 1.21 bits per heavy atom. The minimum absolute atomic E-state index is 0.0592. The monoisotopic (exact) mass is 350 g/mol. The van der Waals surface area contributed by atoms with Gasteiger partial charge in [0.1, 0.15) is 0 Å². The lowest BCUT2D eigenvalue weighted by atomic mass is 10.1. The molecule has 0 aliphatic rings. The standard InChI is InChI=1S/C15H18N4O4S/c1-23-14-7-4-12(10-18-14)19-15(20)17-9-8-11-2-5-13(6-3-11)24(16,21)22/h2-7,10H,8-9H2,1H3,(H2,16,21,22)(H2,17,19,20). The Hall–Kier alpha value is -2.65. The number of methoxy groups -OCH3 is 1. The van der Waals surface area contributed by atoms with Crippen LogP contribution in [-0.2, 0) is 16.4 Å². The number of carbonyl (C=O) groups is 1. The molecule has 128 valence electrons. The van der Waals surface area contributed by atoms with Crippen LogP contribution in [0, 0.1) is 0 Å². The molecule has 24 heavy (non-hydrogen) atoms. The van der Waals surface area contributed by atoms with Gasteiger partial charge in [0.15, 0.2) is 0 Å². The van der Waals surface area contributed by atoms with Crippen LogP contribution in [0.25, 0.3) is 0 Å². The van der Waals surface area contributed by atoms with Crippen LogP contribution in [0.2, 0.25) is 0 Å². The van der Waals surface area contributed by atoms with E-state index in [0.29, 0.717) is 24.5 Å².